The first-order valence-corrected chi connectivity index (χ1v) is 8.66. The summed E-state index contributed by atoms with van der Waals surface area (Å²) >= 11 is 0. The van der Waals surface area contributed by atoms with Crippen molar-refractivity contribution >= 4 is 17.6 Å². The number of nitrogens with zero attached hydrogens (tertiary/aromatic N) is 1. The predicted octanol–water partition coefficient (Wildman–Crippen LogP) is 0.191. The maximum atomic E-state index is 12.3. The van der Waals surface area contributed by atoms with Crippen molar-refractivity contribution in [2.75, 3.05) is 40.4 Å². The Kier molecular flexibility index (Phi) is 8.92. The van der Waals surface area contributed by atoms with Crippen molar-refractivity contribution in [3.05, 3.63) is 0 Å². The van der Waals surface area contributed by atoms with Crippen molar-refractivity contribution < 1.29 is 19.1 Å². The number of carbonyl (C=O) groups excluding carboxylic acids is 3. The van der Waals surface area contributed by atoms with Gasteiger partial charge in [0.25, 0.3) is 5.91 Å². The Morgan fingerprint density at radius 1 is 1.17 bits per heavy atom. The van der Waals surface area contributed by atoms with Crippen LogP contribution in [0.2, 0.25) is 0 Å². The summed E-state index contributed by atoms with van der Waals surface area (Å²) in [5.74, 6) is -1.40. The lowest BCUT2D eigenvalue weighted by molar-refractivity contribution is -0.143. The lowest BCUT2D eigenvalue weighted by Gasteiger charge is -2.23. The summed E-state index contributed by atoms with van der Waals surface area (Å²) in [6.07, 6.45) is 1.63. The quantitative estimate of drug-likeness (QED) is 0.585. The van der Waals surface area contributed by atoms with E-state index in [1.54, 1.807) is 0 Å². The second-order valence-electron chi connectivity index (χ2n) is 7.00. The summed E-state index contributed by atoms with van der Waals surface area (Å²) in [5, 5.41) is 5.45. The molecule has 1 fully saturated rings. The van der Waals surface area contributed by atoms with E-state index in [2.05, 4.69) is 10.6 Å². The molecule has 0 aromatic carbocycles. The Bertz CT molecular complexity index is 432. The van der Waals surface area contributed by atoms with Gasteiger partial charge in [-0.25, -0.2) is 0 Å². The topological polar surface area (TPSA) is 87.7 Å². The zero-order valence-corrected chi connectivity index (χ0v) is 15.3. The molecular formula is C17H31N3O4. The number of amides is 2. The molecule has 0 spiro atoms. The van der Waals surface area contributed by atoms with E-state index in [-0.39, 0.29) is 17.7 Å². The second kappa shape index (κ2) is 10.4. The third kappa shape index (κ3) is 7.40. The first kappa shape index (κ1) is 20.6. The minimum Gasteiger partial charge on any atom is -0.381 e. The van der Waals surface area contributed by atoms with Gasteiger partial charge >= 0.3 is 0 Å². The maximum absolute atomic E-state index is 12.3. The fourth-order valence-corrected chi connectivity index (χ4v) is 2.60. The van der Waals surface area contributed by atoms with Crippen LogP contribution in [0.5, 0.6) is 0 Å². The molecule has 7 heteroatoms. The number of Topliss-reactive ketones (excluding diaryl/α,β-unsaturated/α-hetero) is 1. The summed E-state index contributed by atoms with van der Waals surface area (Å²) in [4.78, 5) is 38.8. The molecule has 0 bridgehead atoms. The molecular weight excluding hydrogens is 310 g/mol. The number of nitrogens with one attached hydrogen (secondary N) is 2. The second-order valence-corrected chi connectivity index (χ2v) is 7.00. The molecule has 0 saturated carbocycles. The van der Waals surface area contributed by atoms with Crippen LogP contribution in [-0.4, -0.2) is 68.9 Å². The first-order valence-electron chi connectivity index (χ1n) is 8.66. The van der Waals surface area contributed by atoms with Crippen molar-refractivity contribution in [1.82, 2.24) is 15.5 Å². The van der Waals surface area contributed by atoms with Crippen LogP contribution >= 0.6 is 0 Å². The molecule has 1 saturated heterocycles. The number of rotatable bonds is 9. The summed E-state index contributed by atoms with van der Waals surface area (Å²) in [6, 6.07) is -0.677. The monoisotopic (exact) mass is 341 g/mol. The minimum absolute atomic E-state index is 0.230. The molecule has 0 aromatic heterocycles. The van der Waals surface area contributed by atoms with Gasteiger partial charge in [-0.15, -0.1) is 0 Å². The smallest absolute Gasteiger partial charge is 0.288 e. The van der Waals surface area contributed by atoms with E-state index < -0.39 is 17.7 Å². The molecule has 1 heterocycles. The van der Waals surface area contributed by atoms with E-state index in [9.17, 15) is 14.4 Å². The van der Waals surface area contributed by atoms with Crippen LogP contribution in [0.3, 0.4) is 0 Å². The SMILES string of the molecule is CC(C)C[C@H](NC(=O)C(=O)C1CCOCC1)C(=O)NCCN(C)C. The molecule has 0 unspecified atom stereocenters. The van der Waals surface area contributed by atoms with Gasteiger partial charge in [0.1, 0.15) is 6.04 Å². The summed E-state index contributed by atoms with van der Waals surface area (Å²) in [5.41, 5.74) is 0. The van der Waals surface area contributed by atoms with Crippen molar-refractivity contribution in [1.29, 1.82) is 0 Å². The highest BCUT2D eigenvalue weighted by Gasteiger charge is 2.30. The lowest BCUT2D eigenvalue weighted by Crippen LogP contribution is -2.51. The molecule has 1 rings (SSSR count). The average Bonchev–Trinajstić information content (AvgIpc) is 2.53. The Morgan fingerprint density at radius 3 is 2.33 bits per heavy atom. The van der Waals surface area contributed by atoms with Crippen LogP contribution in [0.1, 0.15) is 33.1 Å². The highest BCUT2D eigenvalue weighted by Crippen LogP contribution is 2.16. The van der Waals surface area contributed by atoms with E-state index in [0.29, 0.717) is 39.0 Å². The predicted molar refractivity (Wildman–Crippen MR) is 91.5 cm³/mol. The Labute approximate surface area is 144 Å². The molecule has 2 amide bonds. The van der Waals surface area contributed by atoms with Gasteiger partial charge in [0.05, 0.1) is 0 Å². The summed E-state index contributed by atoms with van der Waals surface area (Å²) in [6.45, 7) is 6.19. The molecule has 0 aliphatic carbocycles. The van der Waals surface area contributed by atoms with Crippen LogP contribution in [0.25, 0.3) is 0 Å². The Balaban J connectivity index is 2.58. The molecule has 138 valence electrons. The number of ether oxygens (including phenoxy) is 1. The fourth-order valence-electron chi connectivity index (χ4n) is 2.60. The molecule has 2 N–H and O–H groups in total. The van der Waals surface area contributed by atoms with Gasteiger partial charge < -0.3 is 20.3 Å². The van der Waals surface area contributed by atoms with Gasteiger partial charge in [0.15, 0.2) is 0 Å². The van der Waals surface area contributed by atoms with Crippen LogP contribution in [0.15, 0.2) is 0 Å². The van der Waals surface area contributed by atoms with E-state index in [1.165, 1.54) is 0 Å². The van der Waals surface area contributed by atoms with E-state index in [0.717, 1.165) is 6.54 Å². The largest absolute Gasteiger partial charge is 0.381 e. The molecule has 1 aliphatic rings. The van der Waals surface area contributed by atoms with Gasteiger partial charge in [0.2, 0.25) is 11.7 Å². The van der Waals surface area contributed by atoms with Crippen molar-refractivity contribution in [2.24, 2.45) is 11.8 Å². The van der Waals surface area contributed by atoms with Crippen molar-refractivity contribution in [3.8, 4) is 0 Å². The fraction of sp³-hybridized carbons (Fsp3) is 0.824. The average molecular weight is 341 g/mol. The third-order valence-electron chi connectivity index (χ3n) is 4.00. The number of likely N-dealkylation sites (N-methyl/N-ethyl adjacent to an activating group) is 1. The standard InChI is InChI=1S/C17H31N3O4/c1-12(2)11-14(16(22)18-7-8-20(3)4)19-17(23)15(21)13-5-9-24-10-6-13/h12-14H,5-11H2,1-4H3,(H,18,22)(H,19,23)/t14-/m0/s1. The van der Waals surface area contributed by atoms with Gasteiger partial charge in [0, 0.05) is 32.2 Å². The number of ketones is 1. The normalized spacial score (nSPS) is 16.9. The summed E-state index contributed by atoms with van der Waals surface area (Å²) < 4.78 is 5.21. The molecule has 7 nitrogen and oxygen atoms in total. The van der Waals surface area contributed by atoms with E-state index in [4.69, 9.17) is 4.74 Å². The van der Waals surface area contributed by atoms with Crippen LogP contribution < -0.4 is 10.6 Å². The maximum Gasteiger partial charge on any atom is 0.288 e. The molecule has 0 aromatic rings. The molecule has 1 atom stereocenters. The highest BCUT2D eigenvalue weighted by atomic mass is 16.5. The van der Waals surface area contributed by atoms with Gasteiger partial charge in [-0.2, -0.15) is 0 Å². The highest BCUT2D eigenvalue weighted by molar-refractivity contribution is 6.37. The minimum atomic E-state index is -0.677. The molecule has 0 radical (unpaired) electrons. The molecule has 1 aliphatic heterocycles. The summed E-state index contributed by atoms with van der Waals surface area (Å²) in [7, 11) is 3.85. The Hall–Kier alpha value is -1.47. The zero-order chi connectivity index (χ0) is 18.1. The van der Waals surface area contributed by atoms with E-state index >= 15 is 0 Å². The van der Waals surface area contributed by atoms with E-state index in [1.807, 2.05) is 32.8 Å². The van der Waals surface area contributed by atoms with Crippen molar-refractivity contribution in [3.63, 3.8) is 0 Å². The van der Waals surface area contributed by atoms with Gasteiger partial charge in [-0.3, -0.25) is 14.4 Å². The number of carbonyl (C=O) groups is 3. The van der Waals surface area contributed by atoms with Crippen molar-refractivity contribution in [2.45, 2.75) is 39.2 Å². The van der Waals surface area contributed by atoms with Gasteiger partial charge in [-0.1, -0.05) is 13.8 Å². The van der Waals surface area contributed by atoms with Gasteiger partial charge in [-0.05, 0) is 39.3 Å². The molecule has 24 heavy (non-hydrogen) atoms. The first-order chi connectivity index (χ1) is 11.3. The van der Waals surface area contributed by atoms with Crippen LogP contribution in [0.4, 0.5) is 0 Å². The number of hydrogen-bond donors (Lipinski definition) is 2. The lowest BCUT2D eigenvalue weighted by atomic mass is 9.94. The Morgan fingerprint density at radius 2 is 1.79 bits per heavy atom. The zero-order valence-electron chi connectivity index (χ0n) is 15.3. The number of hydrogen-bond acceptors (Lipinski definition) is 5. The third-order valence-corrected chi connectivity index (χ3v) is 4.00. The van der Waals surface area contributed by atoms with Crippen LogP contribution in [0, 0.1) is 11.8 Å². The van der Waals surface area contributed by atoms with Crippen LogP contribution in [-0.2, 0) is 19.1 Å².